The van der Waals surface area contributed by atoms with Crippen molar-refractivity contribution >= 4 is 11.8 Å². The lowest BCUT2D eigenvalue weighted by atomic mass is 10.2. The summed E-state index contributed by atoms with van der Waals surface area (Å²) in [7, 11) is 0. The van der Waals surface area contributed by atoms with Gasteiger partial charge in [0.1, 0.15) is 5.56 Å². The van der Waals surface area contributed by atoms with E-state index in [-0.39, 0.29) is 5.56 Å². The van der Waals surface area contributed by atoms with Gasteiger partial charge in [0, 0.05) is 13.1 Å². The molecule has 1 N–H and O–H groups in total. The number of rotatable bonds is 2. The van der Waals surface area contributed by atoms with Gasteiger partial charge in [0.05, 0.1) is 6.20 Å². The maximum absolute atomic E-state index is 10.8. The van der Waals surface area contributed by atoms with Crippen molar-refractivity contribution in [2.45, 2.75) is 6.42 Å². The lowest BCUT2D eigenvalue weighted by Gasteiger charge is -2.32. The molecule has 1 fully saturated rings. The van der Waals surface area contributed by atoms with E-state index in [1.54, 1.807) is 0 Å². The van der Waals surface area contributed by atoms with Crippen LogP contribution in [0.15, 0.2) is 12.3 Å². The Morgan fingerprint density at radius 3 is 2.85 bits per heavy atom. The van der Waals surface area contributed by atoms with Gasteiger partial charge in [-0.15, -0.1) is 5.10 Å². The van der Waals surface area contributed by atoms with Gasteiger partial charge in [-0.2, -0.15) is 5.10 Å². The number of aromatic carboxylic acids is 1. The first-order chi connectivity index (χ1) is 6.29. The molecular formula is C8H9N3O2. The van der Waals surface area contributed by atoms with Crippen LogP contribution in [-0.2, 0) is 0 Å². The lowest BCUT2D eigenvalue weighted by Crippen LogP contribution is -2.38. The van der Waals surface area contributed by atoms with Gasteiger partial charge in [0.15, 0.2) is 5.82 Å². The van der Waals surface area contributed by atoms with Crippen LogP contribution in [0, 0.1) is 0 Å². The van der Waals surface area contributed by atoms with Crippen LogP contribution >= 0.6 is 0 Å². The maximum atomic E-state index is 10.8. The fourth-order valence-corrected chi connectivity index (χ4v) is 1.25. The summed E-state index contributed by atoms with van der Waals surface area (Å²) < 4.78 is 0. The number of carboxylic acids is 1. The second kappa shape index (κ2) is 3.01. The van der Waals surface area contributed by atoms with Crippen molar-refractivity contribution in [1.29, 1.82) is 0 Å². The molecule has 0 atom stereocenters. The molecule has 5 heteroatoms. The first kappa shape index (κ1) is 7.97. The summed E-state index contributed by atoms with van der Waals surface area (Å²) in [5.74, 6) is -0.460. The van der Waals surface area contributed by atoms with Crippen LogP contribution < -0.4 is 4.90 Å². The Balaban J connectivity index is 2.36. The average Bonchev–Trinajstić information content (AvgIpc) is 2.02. The Morgan fingerprint density at radius 2 is 2.31 bits per heavy atom. The number of hydrogen-bond donors (Lipinski definition) is 1. The summed E-state index contributed by atoms with van der Waals surface area (Å²) in [6.07, 6.45) is 2.49. The minimum atomic E-state index is -0.947. The monoisotopic (exact) mass is 179 g/mol. The van der Waals surface area contributed by atoms with E-state index < -0.39 is 5.97 Å². The Labute approximate surface area is 75.0 Å². The topological polar surface area (TPSA) is 66.3 Å². The molecule has 0 aromatic carbocycles. The highest BCUT2D eigenvalue weighted by molar-refractivity contribution is 5.93. The number of nitrogens with zero attached hydrogens (tertiary/aromatic N) is 3. The highest BCUT2D eigenvalue weighted by Crippen LogP contribution is 2.21. The zero-order valence-electron chi connectivity index (χ0n) is 6.97. The highest BCUT2D eigenvalue weighted by atomic mass is 16.4. The van der Waals surface area contributed by atoms with Crippen LogP contribution in [0.25, 0.3) is 0 Å². The van der Waals surface area contributed by atoms with Gasteiger partial charge in [-0.1, -0.05) is 0 Å². The Hall–Kier alpha value is -1.65. The summed E-state index contributed by atoms with van der Waals surface area (Å²) in [6.45, 7) is 1.75. The zero-order chi connectivity index (χ0) is 9.26. The molecule has 0 amide bonds. The average molecular weight is 179 g/mol. The van der Waals surface area contributed by atoms with Crippen LogP contribution in [0.2, 0.25) is 0 Å². The van der Waals surface area contributed by atoms with Crippen LogP contribution in [0.5, 0.6) is 0 Å². The molecule has 0 saturated carbocycles. The molecule has 0 spiro atoms. The number of carbonyl (C=O) groups is 1. The van der Waals surface area contributed by atoms with Crippen LogP contribution in [-0.4, -0.2) is 34.4 Å². The molecule has 2 rings (SSSR count). The fraction of sp³-hybridized carbons (Fsp3) is 0.375. The minimum absolute atomic E-state index is 0.231. The third-order valence-electron chi connectivity index (χ3n) is 2.09. The SMILES string of the molecule is O=C(O)c1ccnnc1N1CCC1. The van der Waals surface area contributed by atoms with E-state index in [9.17, 15) is 4.79 Å². The maximum Gasteiger partial charge on any atom is 0.339 e. The summed E-state index contributed by atoms with van der Waals surface area (Å²) >= 11 is 0. The smallest absolute Gasteiger partial charge is 0.339 e. The van der Waals surface area contributed by atoms with Gasteiger partial charge >= 0.3 is 5.97 Å². The quantitative estimate of drug-likeness (QED) is 0.711. The van der Waals surface area contributed by atoms with Crippen molar-refractivity contribution in [2.24, 2.45) is 0 Å². The predicted molar refractivity (Wildman–Crippen MR) is 45.8 cm³/mol. The third-order valence-corrected chi connectivity index (χ3v) is 2.09. The van der Waals surface area contributed by atoms with Crippen LogP contribution in [0.4, 0.5) is 5.82 Å². The fourth-order valence-electron chi connectivity index (χ4n) is 1.25. The molecule has 1 aromatic rings. The van der Waals surface area contributed by atoms with E-state index >= 15 is 0 Å². The van der Waals surface area contributed by atoms with Gasteiger partial charge in [0.25, 0.3) is 0 Å². The van der Waals surface area contributed by atoms with E-state index in [0.717, 1.165) is 19.5 Å². The van der Waals surface area contributed by atoms with Crippen molar-refractivity contribution in [3.63, 3.8) is 0 Å². The third kappa shape index (κ3) is 1.32. The van der Waals surface area contributed by atoms with Crippen molar-refractivity contribution in [3.8, 4) is 0 Å². The Morgan fingerprint density at radius 1 is 1.54 bits per heavy atom. The molecule has 1 saturated heterocycles. The van der Waals surface area contributed by atoms with Gasteiger partial charge in [-0.05, 0) is 12.5 Å². The number of carboxylic acid groups (broad SMARTS) is 1. The number of anilines is 1. The van der Waals surface area contributed by atoms with Crippen molar-refractivity contribution in [2.75, 3.05) is 18.0 Å². The predicted octanol–water partition coefficient (Wildman–Crippen LogP) is 0.385. The number of aromatic nitrogens is 2. The van der Waals surface area contributed by atoms with E-state index in [4.69, 9.17) is 5.11 Å². The molecule has 0 radical (unpaired) electrons. The molecule has 2 heterocycles. The van der Waals surface area contributed by atoms with Crippen molar-refractivity contribution < 1.29 is 9.90 Å². The zero-order valence-corrected chi connectivity index (χ0v) is 6.97. The molecule has 0 bridgehead atoms. The second-order valence-corrected chi connectivity index (χ2v) is 2.91. The molecule has 68 valence electrons. The lowest BCUT2D eigenvalue weighted by molar-refractivity contribution is 0.0696. The molecule has 1 aliphatic heterocycles. The normalized spacial score (nSPS) is 15.2. The van der Waals surface area contributed by atoms with Crippen molar-refractivity contribution in [1.82, 2.24) is 10.2 Å². The molecular weight excluding hydrogens is 170 g/mol. The molecule has 5 nitrogen and oxygen atoms in total. The highest BCUT2D eigenvalue weighted by Gasteiger charge is 2.22. The summed E-state index contributed by atoms with van der Waals surface area (Å²) in [5, 5.41) is 16.3. The van der Waals surface area contributed by atoms with E-state index in [1.807, 2.05) is 4.90 Å². The van der Waals surface area contributed by atoms with Gasteiger partial charge in [-0.25, -0.2) is 4.79 Å². The van der Waals surface area contributed by atoms with E-state index in [0.29, 0.717) is 5.82 Å². The molecule has 1 aromatic heterocycles. The largest absolute Gasteiger partial charge is 0.478 e. The van der Waals surface area contributed by atoms with Crippen LogP contribution in [0.1, 0.15) is 16.8 Å². The minimum Gasteiger partial charge on any atom is -0.478 e. The Bertz CT molecular complexity index is 336. The van der Waals surface area contributed by atoms with Gasteiger partial charge in [-0.3, -0.25) is 0 Å². The molecule has 1 aliphatic rings. The summed E-state index contributed by atoms with van der Waals surface area (Å²) in [4.78, 5) is 12.7. The molecule has 0 unspecified atom stereocenters. The first-order valence-electron chi connectivity index (χ1n) is 4.09. The van der Waals surface area contributed by atoms with Crippen molar-refractivity contribution in [3.05, 3.63) is 17.8 Å². The molecule has 0 aliphatic carbocycles. The van der Waals surface area contributed by atoms with E-state index in [1.165, 1.54) is 12.3 Å². The Kier molecular flexibility index (Phi) is 1.84. The number of hydrogen-bond acceptors (Lipinski definition) is 4. The first-order valence-corrected chi connectivity index (χ1v) is 4.09. The summed E-state index contributed by atoms with van der Waals surface area (Å²) in [6, 6.07) is 1.48. The van der Waals surface area contributed by atoms with Crippen LogP contribution in [0.3, 0.4) is 0 Å². The van der Waals surface area contributed by atoms with Gasteiger partial charge in [0.2, 0.25) is 0 Å². The standard InChI is InChI=1S/C8H9N3O2/c12-8(13)6-2-3-9-10-7(6)11-4-1-5-11/h2-3H,1,4-5H2,(H,12,13). The summed E-state index contributed by atoms with van der Waals surface area (Å²) in [5.41, 5.74) is 0.231. The second-order valence-electron chi connectivity index (χ2n) is 2.91. The van der Waals surface area contributed by atoms with E-state index in [2.05, 4.69) is 10.2 Å². The molecule has 13 heavy (non-hydrogen) atoms. The van der Waals surface area contributed by atoms with Gasteiger partial charge < -0.3 is 10.0 Å².